The summed E-state index contributed by atoms with van der Waals surface area (Å²) in [5.74, 6) is 0. The van der Waals surface area contributed by atoms with E-state index < -0.39 is 0 Å². The molecule has 1 fully saturated rings. The van der Waals surface area contributed by atoms with Crippen LogP contribution in [0.2, 0.25) is 0 Å². The first kappa shape index (κ1) is 6.71. The molecule has 0 N–H and O–H groups in total. The molecule has 0 atom stereocenters. The third-order valence-electron chi connectivity index (χ3n) is 1.44. The number of morpholine rings is 1. The third kappa shape index (κ3) is 2.11. The average Bonchev–Trinajstić information content (AvgIpc) is 1.91. The van der Waals surface area contributed by atoms with Crippen molar-refractivity contribution in [1.82, 2.24) is 4.90 Å². The molecular weight excluding hydrogens is 118 g/mol. The standard InChI is InChI=1S/C6H11NO2/c8-4-1-7-2-5-9-6-3-7/h4H,1-3,5-6H2. The Bertz CT molecular complexity index is 89.1. The lowest BCUT2D eigenvalue weighted by Gasteiger charge is -2.23. The second-order valence-corrected chi connectivity index (χ2v) is 2.08. The van der Waals surface area contributed by atoms with E-state index in [4.69, 9.17) is 4.74 Å². The van der Waals surface area contributed by atoms with Crippen LogP contribution >= 0.6 is 0 Å². The van der Waals surface area contributed by atoms with Crippen LogP contribution in [0.15, 0.2) is 0 Å². The number of carbonyl (C=O) groups is 1. The van der Waals surface area contributed by atoms with Crippen LogP contribution in [0.1, 0.15) is 0 Å². The van der Waals surface area contributed by atoms with Gasteiger partial charge in [0.05, 0.1) is 19.8 Å². The summed E-state index contributed by atoms with van der Waals surface area (Å²) in [6, 6.07) is 0. The highest BCUT2D eigenvalue weighted by Gasteiger charge is 2.07. The zero-order valence-corrected chi connectivity index (χ0v) is 5.38. The Morgan fingerprint density at radius 3 is 2.67 bits per heavy atom. The van der Waals surface area contributed by atoms with Gasteiger partial charge < -0.3 is 9.53 Å². The van der Waals surface area contributed by atoms with E-state index in [-0.39, 0.29) is 0 Å². The fourth-order valence-corrected chi connectivity index (χ4v) is 0.889. The van der Waals surface area contributed by atoms with Gasteiger partial charge in [-0.1, -0.05) is 0 Å². The van der Waals surface area contributed by atoms with E-state index in [1.807, 2.05) is 0 Å². The summed E-state index contributed by atoms with van der Waals surface area (Å²) < 4.78 is 5.09. The first-order valence-electron chi connectivity index (χ1n) is 3.17. The minimum atomic E-state index is 0.559. The zero-order valence-electron chi connectivity index (χ0n) is 5.38. The fourth-order valence-electron chi connectivity index (χ4n) is 0.889. The topological polar surface area (TPSA) is 29.5 Å². The molecule has 9 heavy (non-hydrogen) atoms. The van der Waals surface area contributed by atoms with Crippen LogP contribution in [0.5, 0.6) is 0 Å². The lowest BCUT2D eigenvalue weighted by molar-refractivity contribution is -0.109. The van der Waals surface area contributed by atoms with Crippen LogP contribution in [0, 0.1) is 0 Å². The van der Waals surface area contributed by atoms with Crippen molar-refractivity contribution in [1.29, 1.82) is 0 Å². The normalized spacial score (nSPS) is 21.8. The molecule has 3 nitrogen and oxygen atoms in total. The van der Waals surface area contributed by atoms with Crippen LogP contribution in [-0.4, -0.2) is 44.0 Å². The van der Waals surface area contributed by atoms with Crippen molar-refractivity contribution in [3.63, 3.8) is 0 Å². The predicted octanol–water partition coefficient (Wildman–Crippen LogP) is -0.482. The van der Waals surface area contributed by atoms with Gasteiger partial charge in [0.1, 0.15) is 6.29 Å². The summed E-state index contributed by atoms with van der Waals surface area (Å²) >= 11 is 0. The minimum Gasteiger partial charge on any atom is -0.379 e. The third-order valence-corrected chi connectivity index (χ3v) is 1.44. The molecule has 0 spiro atoms. The van der Waals surface area contributed by atoms with Gasteiger partial charge in [0, 0.05) is 13.1 Å². The van der Waals surface area contributed by atoms with Crippen molar-refractivity contribution in [2.45, 2.75) is 0 Å². The molecule has 0 aliphatic carbocycles. The van der Waals surface area contributed by atoms with Crippen molar-refractivity contribution < 1.29 is 9.53 Å². The Labute approximate surface area is 54.6 Å². The molecule has 1 saturated heterocycles. The highest BCUT2D eigenvalue weighted by molar-refractivity contribution is 5.51. The second kappa shape index (κ2) is 3.58. The van der Waals surface area contributed by atoms with Crippen LogP contribution in [-0.2, 0) is 9.53 Å². The molecule has 0 amide bonds. The predicted molar refractivity (Wildman–Crippen MR) is 33.3 cm³/mol. The van der Waals surface area contributed by atoms with Gasteiger partial charge in [0.25, 0.3) is 0 Å². The summed E-state index contributed by atoms with van der Waals surface area (Å²) in [6.45, 7) is 3.91. The minimum absolute atomic E-state index is 0.559. The molecular formula is C6H11NO2. The highest BCUT2D eigenvalue weighted by Crippen LogP contribution is 1.93. The van der Waals surface area contributed by atoms with Crippen LogP contribution in [0.4, 0.5) is 0 Å². The van der Waals surface area contributed by atoms with Gasteiger partial charge in [0.15, 0.2) is 0 Å². The van der Waals surface area contributed by atoms with Gasteiger partial charge in [-0.2, -0.15) is 0 Å². The molecule has 1 heterocycles. The van der Waals surface area contributed by atoms with Gasteiger partial charge in [0.2, 0.25) is 0 Å². The second-order valence-electron chi connectivity index (χ2n) is 2.08. The molecule has 0 unspecified atom stereocenters. The number of hydrogen-bond donors (Lipinski definition) is 0. The first-order valence-corrected chi connectivity index (χ1v) is 3.17. The number of hydrogen-bond acceptors (Lipinski definition) is 3. The number of nitrogens with zero attached hydrogens (tertiary/aromatic N) is 1. The van der Waals surface area contributed by atoms with Crippen molar-refractivity contribution in [3.8, 4) is 0 Å². The maximum absolute atomic E-state index is 9.99. The van der Waals surface area contributed by atoms with E-state index in [9.17, 15) is 4.79 Å². The van der Waals surface area contributed by atoms with Crippen LogP contribution in [0.25, 0.3) is 0 Å². The lowest BCUT2D eigenvalue weighted by Crippen LogP contribution is -2.37. The zero-order chi connectivity index (χ0) is 6.53. The molecule has 0 aromatic carbocycles. The van der Waals surface area contributed by atoms with Crippen LogP contribution < -0.4 is 0 Å². The number of rotatable bonds is 2. The van der Waals surface area contributed by atoms with E-state index in [0.717, 1.165) is 32.6 Å². The molecule has 1 aliphatic heterocycles. The van der Waals surface area contributed by atoms with Gasteiger partial charge in [-0.25, -0.2) is 0 Å². The van der Waals surface area contributed by atoms with Gasteiger partial charge in [-0.15, -0.1) is 0 Å². The van der Waals surface area contributed by atoms with Crippen LogP contribution in [0.3, 0.4) is 0 Å². The summed E-state index contributed by atoms with van der Waals surface area (Å²) in [7, 11) is 0. The maximum Gasteiger partial charge on any atom is 0.133 e. The Morgan fingerprint density at radius 2 is 2.11 bits per heavy atom. The lowest BCUT2D eigenvalue weighted by atomic mass is 10.4. The highest BCUT2D eigenvalue weighted by atomic mass is 16.5. The number of ether oxygens (including phenoxy) is 1. The molecule has 0 radical (unpaired) electrons. The smallest absolute Gasteiger partial charge is 0.133 e. The maximum atomic E-state index is 9.99. The van der Waals surface area contributed by atoms with Crippen molar-refractivity contribution in [2.75, 3.05) is 32.8 Å². The first-order chi connectivity index (χ1) is 4.43. The van der Waals surface area contributed by atoms with E-state index in [0.29, 0.717) is 6.54 Å². The fraction of sp³-hybridized carbons (Fsp3) is 0.833. The summed E-state index contributed by atoms with van der Waals surface area (Å²) in [6.07, 6.45) is 0.936. The molecule has 0 bridgehead atoms. The number of aldehydes is 1. The SMILES string of the molecule is O=CCN1CCOCC1. The summed E-state index contributed by atoms with van der Waals surface area (Å²) in [4.78, 5) is 12.1. The van der Waals surface area contributed by atoms with Crippen molar-refractivity contribution in [2.24, 2.45) is 0 Å². The quantitative estimate of drug-likeness (QED) is 0.471. The van der Waals surface area contributed by atoms with Gasteiger partial charge in [-0.05, 0) is 0 Å². The average molecular weight is 129 g/mol. The molecule has 52 valence electrons. The van der Waals surface area contributed by atoms with E-state index in [1.165, 1.54) is 0 Å². The Morgan fingerprint density at radius 1 is 1.44 bits per heavy atom. The van der Waals surface area contributed by atoms with Gasteiger partial charge >= 0.3 is 0 Å². The van der Waals surface area contributed by atoms with Crippen molar-refractivity contribution >= 4 is 6.29 Å². The molecule has 0 aromatic rings. The van der Waals surface area contributed by atoms with E-state index in [1.54, 1.807) is 0 Å². The molecule has 0 aromatic heterocycles. The van der Waals surface area contributed by atoms with Crippen molar-refractivity contribution in [3.05, 3.63) is 0 Å². The van der Waals surface area contributed by atoms with E-state index in [2.05, 4.69) is 4.90 Å². The largest absolute Gasteiger partial charge is 0.379 e. The molecule has 1 rings (SSSR count). The molecule has 1 aliphatic rings. The summed E-state index contributed by atoms with van der Waals surface area (Å²) in [5, 5.41) is 0. The van der Waals surface area contributed by atoms with Gasteiger partial charge in [-0.3, -0.25) is 4.90 Å². The molecule has 3 heteroatoms. The monoisotopic (exact) mass is 129 g/mol. The Kier molecular flexibility index (Phi) is 2.67. The molecule has 0 saturated carbocycles. The number of carbonyl (C=O) groups excluding carboxylic acids is 1. The Balaban J connectivity index is 2.15. The van der Waals surface area contributed by atoms with E-state index >= 15 is 0 Å². The summed E-state index contributed by atoms with van der Waals surface area (Å²) in [5.41, 5.74) is 0. The Hall–Kier alpha value is -0.410.